The summed E-state index contributed by atoms with van der Waals surface area (Å²) in [5.41, 5.74) is -1.73. The number of rotatable bonds is 10. The molecular formula is C19H30N4O16P2. The van der Waals surface area contributed by atoms with Crippen molar-refractivity contribution in [2.45, 2.75) is 75.9 Å². The van der Waals surface area contributed by atoms with E-state index in [0.717, 1.165) is 30.7 Å². The number of hydrogen-bond donors (Lipinski definition) is 8. The largest absolute Gasteiger partial charge is 0.483 e. The molecule has 0 aliphatic carbocycles. The molecule has 0 aromatic carbocycles. The molecule has 0 bridgehead atoms. The number of aliphatic hydroxyl groups excluding tert-OH is 3. The van der Waals surface area contributed by atoms with Gasteiger partial charge in [-0.25, -0.2) is 13.9 Å². The molecule has 2 saturated heterocycles. The van der Waals surface area contributed by atoms with Gasteiger partial charge in [0.25, 0.3) is 5.56 Å². The maximum atomic E-state index is 12.6. The fourth-order valence-electron chi connectivity index (χ4n) is 4.16. The number of amides is 2. The number of carbonyl (C=O) groups is 2. The molecule has 3 heterocycles. The van der Waals surface area contributed by atoms with Gasteiger partial charge in [0.1, 0.15) is 30.5 Å². The zero-order chi connectivity index (χ0) is 30.9. The Morgan fingerprint density at radius 3 is 2.20 bits per heavy atom. The van der Waals surface area contributed by atoms with Crippen molar-refractivity contribution in [2.75, 3.05) is 6.61 Å². The first kappa shape index (κ1) is 33.2. The lowest BCUT2D eigenvalue weighted by Gasteiger charge is -2.43. The van der Waals surface area contributed by atoms with Crippen LogP contribution in [0.3, 0.4) is 0 Å². The number of nitrogens with zero attached hydrogens (tertiary/aromatic N) is 1. The van der Waals surface area contributed by atoms with Crippen molar-refractivity contribution in [2.24, 2.45) is 0 Å². The summed E-state index contributed by atoms with van der Waals surface area (Å²) in [5, 5.41) is 35.7. The monoisotopic (exact) mass is 632 g/mol. The van der Waals surface area contributed by atoms with Crippen molar-refractivity contribution in [3.05, 3.63) is 33.1 Å². The topological polar surface area (TPSA) is 294 Å². The van der Waals surface area contributed by atoms with Gasteiger partial charge in [0.2, 0.25) is 11.8 Å². The van der Waals surface area contributed by atoms with Crippen LogP contribution in [0.25, 0.3) is 0 Å². The molecule has 2 amide bonds. The van der Waals surface area contributed by atoms with E-state index in [-0.39, 0.29) is 0 Å². The first-order valence-corrected chi connectivity index (χ1v) is 14.8. The summed E-state index contributed by atoms with van der Waals surface area (Å²) in [6, 6.07) is -1.70. The van der Waals surface area contributed by atoms with Crippen LogP contribution in [-0.2, 0) is 41.6 Å². The van der Waals surface area contributed by atoms with Gasteiger partial charge in [0, 0.05) is 26.1 Å². The lowest BCUT2D eigenvalue weighted by Crippen LogP contribution is -2.67. The number of H-pyrrole nitrogens is 1. The van der Waals surface area contributed by atoms with Crippen molar-refractivity contribution in [3.8, 4) is 0 Å². The first-order chi connectivity index (χ1) is 18.9. The number of carbonyl (C=O) groups excluding carboxylic acids is 2. The zero-order valence-corrected chi connectivity index (χ0v) is 23.4. The van der Waals surface area contributed by atoms with E-state index in [0.29, 0.717) is 0 Å². The van der Waals surface area contributed by atoms with Crippen molar-refractivity contribution in [3.63, 3.8) is 0 Å². The van der Waals surface area contributed by atoms with Crippen LogP contribution in [0.15, 0.2) is 21.9 Å². The lowest BCUT2D eigenvalue weighted by atomic mass is 9.95. The molecule has 11 atom stereocenters. The minimum Gasteiger partial charge on any atom is -0.389 e. The third kappa shape index (κ3) is 8.38. The Labute approximate surface area is 230 Å². The summed E-state index contributed by atoms with van der Waals surface area (Å²) in [5.74, 6) is -1.28. The van der Waals surface area contributed by atoms with Crippen LogP contribution < -0.4 is 21.9 Å². The third-order valence-corrected chi connectivity index (χ3v) is 8.53. The molecular weight excluding hydrogens is 602 g/mol. The third-order valence-electron chi connectivity index (χ3n) is 5.93. The highest BCUT2D eigenvalue weighted by molar-refractivity contribution is 7.61. The molecule has 2 aliphatic rings. The first-order valence-electron chi connectivity index (χ1n) is 11.8. The summed E-state index contributed by atoms with van der Waals surface area (Å²) in [4.78, 5) is 68.4. The Morgan fingerprint density at radius 2 is 1.61 bits per heavy atom. The van der Waals surface area contributed by atoms with E-state index in [4.69, 9.17) is 14.0 Å². The van der Waals surface area contributed by atoms with Crippen LogP contribution in [-0.4, -0.2) is 102 Å². The van der Waals surface area contributed by atoms with Crippen LogP contribution in [0.5, 0.6) is 0 Å². The Balaban J connectivity index is 1.66. The predicted molar refractivity (Wildman–Crippen MR) is 131 cm³/mol. The van der Waals surface area contributed by atoms with E-state index in [9.17, 15) is 53.4 Å². The average Bonchev–Trinajstić information content (AvgIpc) is 3.10. The minimum absolute atomic E-state index is 0.555. The van der Waals surface area contributed by atoms with Gasteiger partial charge in [-0.2, -0.15) is 4.31 Å². The summed E-state index contributed by atoms with van der Waals surface area (Å²) in [6.07, 6.45) is -10.3. The number of aliphatic hydroxyl groups is 3. The standard InChI is InChI=1S/C19H30N4O16P2/c1-7-12(20-8(2)24)15(28)13(21-9(3)25)18(36-7)38-41(33,34)39-40(31,32)35-6-10-14(27)16(29)17(37-10)23-5-4-11(26)22-19(23)30/h4-5,7,10,12-18,27-29H,6H2,1-3H3,(H,20,24)(H,21,25)(H,31,32)(H,33,34)(H,22,26,30)/t7-,10-,12-,13-,14-,15+,16-,17-,18-/m1/s1. The molecule has 1 aromatic heterocycles. The average molecular weight is 632 g/mol. The molecule has 2 fully saturated rings. The SMILES string of the molecule is CC(=O)N[C@H]1[C@@H](OP(=O)(O)OP(=O)(O)OC[C@H]2O[C@@H](n3ccc(=O)[nH]c3=O)[C@H](O)[C@@H]2O)O[C@H](C)[C@@H](NC(C)=O)[C@@H]1O. The van der Waals surface area contributed by atoms with E-state index in [1.807, 2.05) is 4.98 Å². The summed E-state index contributed by atoms with van der Waals surface area (Å²) < 4.78 is 50.1. The highest BCUT2D eigenvalue weighted by Crippen LogP contribution is 2.61. The van der Waals surface area contributed by atoms with Crippen LogP contribution >= 0.6 is 15.6 Å². The fourth-order valence-corrected chi connectivity index (χ4v) is 6.32. The van der Waals surface area contributed by atoms with E-state index in [2.05, 4.69) is 19.5 Å². The molecule has 3 rings (SSSR count). The summed E-state index contributed by atoms with van der Waals surface area (Å²) in [7, 11) is -11.1. The number of phosphoric acid groups is 2. The van der Waals surface area contributed by atoms with Crippen LogP contribution in [0, 0.1) is 0 Å². The van der Waals surface area contributed by atoms with E-state index < -0.39 is 100 Å². The molecule has 232 valence electrons. The maximum absolute atomic E-state index is 12.6. The molecule has 1 aromatic rings. The second-order valence-corrected chi connectivity index (χ2v) is 12.1. The molecule has 0 radical (unpaired) electrons. The van der Waals surface area contributed by atoms with Gasteiger partial charge >= 0.3 is 21.3 Å². The Kier molecular flexibility index (Phi) is 10.4. The summed E-state index contributed by atoms with van der Waals surface area (Å²) in [6.45, 7) is 2.56. The summed E-state index contributed by atoms with van der Waals surface area (Å²) >= 11 is 0. The zero-order valence-electron chi connectivity index (χ0n) is 21.6. The lowest BCUT2D eigenvalue weighted by molar-refractivity contribution is -0.208. The number of phosphoric ester groups is 2. The van der Waals surface area contributed by atoms with Crippen LogP contribution in [0.2, 0.25) is 0 Å². The minimum atomic E-state index is -5.57. The van der Waals surface area contributed by atoms with Gasteiger partial charge in [0.15, 0.2) is 12.5 Å². The normalized spacial score (nSPS) is 34.8. The van der Waals surface area contributed by atoms with Crippen molar-refractivity contribution >= 4 is 27.5 Å². The Hall–Kier alpha value is -2.32. The van der Waals surface area contributed by atoms with Crippen molar-refractivity contribution < 1.29 is 66.7 Å². The highest BCUT2D eigenvalue weighted by Gasteiger charge is 2.50. The van der Waals surface area contributed by atoms with E-state index in [1.54, 1.807) is 0 Å². The molecule has 22 heteroatoms. The van der Waals surface area contributed by atoms with Gasteiger partial charge in [-0.05, 0) is 6.92 Å². The quantitative estimate of drug-likeness (QED) is 0.116. The molecule has 0 spiro atoms. The smallest absolute Gasteiger partial charge is 0.389 e. The van der Waals surface area contributed by atoms with Crippen LogP contribution in [0.4, 0.5) is 0 Å². The molecule has 2 aliphatic heterocycles. The highest BCUT2D eigenvalue weighted by atomic mass is 31.3. The number of hydrogen-bond acceptors (Lipinski definition) is 14. The molecule has 20 nitrogen and oxygen atoms in total. The Bertz CT molecular complexity index is 1340. The predicted octanol–water partition coefficient (Wildman–Crippen LogP) is -3.48. The Morgan fingerprint density at radius 1 is 1.00 bits per heavy atom. The van der Waals surface area contributed by atoms with Crippen molar-refractivity contribution in [1.82, 2.24) is 20.2 Å². The van der Waals surface area contributed by atoms with Gasteiger partial charge in [0.05, 0.1) is 18.8 Å². The van der Waals surface area contributed by atoms with Gasteiger partial charge in [-0.1, -0.05) is 0 Å². The fraction of sp³-hybridized carbons (Fsp3) is 0.684. The van der Waals surface area contributed by atoms with Gasteiger partial charge < -0.3 is 45.2 Å². The second kappa shape index (κ2) is 12.9. The van der Waals surface area contributed by atoms with E-state index >= 15 is 0 Å². The second-order valence-electron chi connectivity index (χ2n) is 9.14. The van der Waals surface area contributed by atoms with Crippen molar-refractivity contribution in [1.29, 1.82) is 0 Å². The molecule has 2 unspecified atom stereocenters. The number of nitrogens with one attached hydrogen (secondary N) is 3. The molecule has 0 saturated carbocycles. The van der Waals surface area contributed by atoms with Gasteiger partial charge in [-0.15, -0.1) is 0 Å². The maximum Gasteiger partial charge on any atom is 0.483 e. The number of ether oxygens (including phenoxy) is 2. The van der Waals surface area contributed by atoms with E-state index in [1.165, 1.54) is 6.92 Å². The van der Waals surface area contributed by atoms with Gasteiger partial charge in [-0.3, -0.25) is 33.0 Å². The number of aromatic nitrogens is 2. The number of aromatic amines is 1. The molecule has 41 heavy (non-hydrogen) atoms. The van der Waals surface area contributed by atoms with Crippen LogP contribution in [0.1, 0.15) is 27.0 Å². The molecule has 8 N–H and O–H groups in total.